The number of halogens is 1. The van der Waals surface area contributed by atoms with Gasteiger partial charge < -0.3 is 14.7 Å². The molecule has 1 aliphatic rings. The molecule has 1 aromatic rings. The Morgan fingerprint density at radius 3 is 2.90 bits per heavy atom. The maximum atomic E-state index is 12.5. The first-order chi connectivity index (χ1) is 9.51. The van der Waals surface area contributed by atoms with E-state index in [0.717, 1.165) is 16.5 Å². The number of nitrogens with zero attached hydrogens (tertiary/aromatic N) is 1. The number of ether oxygens (including phenoxy) is 1. The van der Waals surface area contributed by atoms with Crippen LogP contribution in [0.25, 0.3) is 0 Å². The number of carbonyl (C=O) groups excluding carboxylic acids is 1. The molecule has 0 saturated carbocycles. The van der Waals surface area contributed by atoms with E-state index in [1.807, 2.05) is 25.1 Å². The highest BCUT2D eigenvalue weighted by molar-refractivity contribution is 9.10. The van der Waals surface area contributed by atoms with Gasteiger partial charge in [0.15, 0.2) is 0 Å². The quantitative estimate of drug-likeness (QED) is 0.913. The molecule has 1 heterocycles. The molecule has 1 N–H and O–H groups in total. The molecule has 1 amide bonds. The summed E-state index contributed by atoms with van der Waals surface area (Å²) in [6, 6.07) is 5.63. The number of aliphatic hydroxyl groups is 1. The van der Waals surface area contributed by atoms with Crippen LogP contribution < -0.4 is 0 Å². The van der Waals surface area contributed by atoms with Gasteiger partial charge in [0.1, 0.15) is 0 Å². The fourth-order valence-electron chi connectivity index (χ4n) is 2.62. The molecule has 0 bridgehead atoms. The van der Waals surface area contributed by atoms with Crippen LogP contribution in [0.4, 0.5) is 0 Å². The summed E-state index contributed by atoms with van der Waals surface area (Å²) in [4.78, 5) is 14.3. The Bertz CT molecular complexity index is 506. The van der Waals surface area contributed by atoms with Crippen molar-refractivity contribution >= 4 is 21.8 Å². The van der Waals surface area contributed by atoms with Gasteiger partial charge in [-0.2, -0.15) is 0 Å². The molecule has 4 nitrogen and oxygen atoms in total. The molecule has 0 spiro atoms. The van der Waals surface area contributed by atoms with Crippen molar-refractivity contribution in [2.45, 2.75) is 13.3 Å². The summed E-state index contributed by atoms with van der Waals surface area (Å²) in [6.07, 6.45) is 0.774. The predicted molar refractivity (Wildman–Crippen MR) is 80.8 cm³/mol. The highest BCUT2D eigenvalue weighted by atomic mass is 79.9. The first-order valence-corrected chi connectivity index (χ1v) is 7.46. The average Bonchev–Trinajstić information content (AvgIpc) is 2.86. The van der Waals surface area contributed by atoms with E-state index < -0.39 is 0 Å². The van der Waals surface area contributed by atoms with Crippen molar-refractivity contribution in [2.24, 2.45) is 5.41 Å². The lowest BCUT2D eigenvalue weighted by atomic mass is 9.89. The van der Waals surface area contributed by atoms with Gasteiger partial charge in [0.25, 0.3) is 5.91 Å². The van der Waals surface area contributed by atoms with Crippen molar-refractivity contribution in [1.82, 2.24) is 4.90 Å². The minimum Gasteiger partial charge on any atom is -0.396 e. The number of methoxy groups -OCH3 is 1. The van der Waals surface area contributed by atoms with Crippen LogP contribution in [-0.2, 0) is 4.74 Å². The number of aryl methyl sites for hydroxylation is 1. The zero-order valence-corrected chi connectivity index (χ0v) is 13.4. The van der Waals surface area contributed by atoms with Crippen LogP contribution in [0.15, 0.2) is 22.7 Å². The standard InChI is InChI=1S/C15H20BrNO3/c1-11-3-4-12(7-13(11)16)14(19)17-6-5-15(8-17,9-18)10-20-2/h3-4,7,18H,5-6,8-10H2,1-2H3/t15-/m0/s1. The van der Waals surface area contributed by atoms with Crippen LogP contribution in [-0.4, -0.2) is 49.3 Å². The minimum atomic E-state index is -0.313. The second kappa shape index (κ2) is 6.24. The van der Waals surface area contributed by atoms with Crippen LogP contribution in [0.5, 0.6) is 0 Å². The second-order valence-electron chi connectivity index (χ2n) is 5.53. The highest BCUT2D eigenvalue weighted by Crippen LogP contribution is 2.31. The lowest BCUT2D eigenvalue weighted by Crippen LogP contribution is -2.36. The summed E-state index contributed by atoms with van der Waals surface area (Å²) in [5.41, 5.74) is 1.47. The lowest BCUT2D eigenvalue weighted by molar-refractivity contribution is 0.0343. The van der Waals surface area contributed by atoms with Gasteiger partial charge in [-0.05, 0) is 31.0 Å². The zero-order chi connectivity index (χ0) is 14.8. The molecule has 0 radical (unpaired) electrons. The van der Waals surface area contributed by atoms with Gasteiger partial charge in [-0.25, -0.2) is 0 Å². The van der Waals surface area contributed by atoms with Gasteiger partial charge in [0.05, 0.1) is 13.2 Å². The molecule has 1 atom stereocenters. The number of aliphatic hydroxyl groups excluding tert-OH is 1. The lowest BCUT2D eigenvalue weighted by Gasteiger charge is -2.26. The van der Waals surface area contributed by atoms with E-state index >= 15 is 0 Å². The fraction of sp³-hybridized carbons (Fsp3) is 0.533. The summed E-state index contributed by atoms with van der Waals surface area (Å²) in [5.74, 6) is 0.0112. The molecule has 1 aromatic carbocycles. The number of carbonyl (C=O) groups is 1. The summed E-state index contributed by atoms with van der Waals surface area (Å²) in [5, 5.41) is 9.57. The van der Waals surface area contributed by atoms with Gasteiger partial charge in [-0.1, -0.05) is 22.0 Å². The van der Waals surface area contributed by atoms with Crippen LogP contribution in [0, 0.1) is 12.3 Å². The molecule has 0 unspecified atom stereocenters. The van der Waals surface area contributed by atoms with Gasteiger partial charge in [0.2, 0.25) is 0 Å². The summed E-state index contributed by atoms with van der Waals surface area (Å²) in [6.45, 7) is 3.71. The summed E-state index contributed by atoms with van der Waals surface area (Å²) in [7, 11) is 1.62. The van der Waals surface area contributed by atoms with E-state index in [1.54, 1.807) is 12.0 Å². The summed E-state index contributed by atoms with van der Waals surface area (Å²) < 4.78 is 6.12. The van der Waals surface area contributed by atoms with Crippen molar-refractivity contribution < 1.29 is 14.6 Å². The van der Waals surface area contributed by atoms with Gasteiger partial charge >= 0.3 is 0 Å². The van der Waals surface area contributed by atoms with Crippen LogP contribution >= 0.6 is 15.9 Å². The molecular weight excluding hydrogens is 322 g/mol. The highest BCUT2D eigenvalue weighted by Gasteiger charge is 2.39. The van der Waals surface area contributed by atoms with Crippen molar-refractivity contribution in [3.05, 3.63) is 33.8 Å². The van der Waals surface area contributed by atoms with Crippen molar-refractivity contribution in [3.8, 4) is 0 Å². The van der Waals surface area contributed by atoms with Crippen molar-refractivity contribution in [2.75, 3.05) is 33.4 Å². The van der Waals surface area contributed by atoms with E-state index in [4.69, 9.17) is 4.74 Å². The number of amides is 1. The topological polar surface area (TPSA) is 49.8 Å². The van der Waals surface area contributed by atoms with E-state index in [-0.39, 0.29) is 17.9 Å². The third-order valence-corrected chi connectivity index (χ3v) is 4.78. The van der Waals surface area contributed by atoms with E-state index in [2.05, 4.69) is 15.9 Å². The third-order valence-electron chi connectivity index (χ3n) is 3.93. The Morgan fingerprint density at radius 2 is 2.30 bits per heavy atom. The predicted octanol–water partition coefficient (Wildman–Crippen LogP) is 2.23. The number of rotatable bonds is 4. The number of benzene rings is 1. The molecule has 0 aromatic heterocycles. The SMILES string of the molecule is COC[C@@]1(CO)CCN(C(=O)c2ccc(C)c(Br)c2)C1. The van der Waals surface area contributed by atoms with Crippen LogP contribution in [0.2, 0.25) is 0 Å². The number of hydrogen-bond donors (Lipinski definition) is 1. The average molecular weight is 342 g/mol. The van der Waals surface area contributed by atoms with Crippen molar-refractivity contribution in [1.29, 1.82) is 0 Å². The maximum absolute atomic E-state index is 12.5. The first kappa shape index (κ1) is 15.5. The first-order valence-electron chi connectivity index (χ1n) is 6.66. The van der Waals surface area contributed by atoms with Gasteiger partial charge in [0, 0.05) is 35.7 Å². The summed E-state index contributed by atoms with van der Waals surface area (Å²) >= 11 is 3.45. The number of likely N-dealkylation sites (tertiary alicyclic amines) is 1. The molecule has 20 heavy (non-hydrogen) atoms. The molecule has 1 fully saturated rings. The molecule has 1 aliphatic heterocycles. The van der Waals surface area contributed by atoms with Crippen LogP contribution in [0.3, 0.4) is 0 Å². The maximum Gasteiger partial charge on any atom is 0.253 e. The van der Waals surface area contributed by atoms with E-state index in [1.165, 1.54) is 0 Å². The molecular formula is C15H20BrNO3. The van der Waals surface area contributed by atoms with Gasteiger partial charge in [-0.15, -0.1) is 0 Å². The van der Waals surface area contributed by atoms with Crippen molar-refractivity contribution in [3.63, 3.8) is 0 Å². The molecule has 2 rings (SSSR count). The second-order valence-corrected chi connectivity index (χ2v) is 6.39. The fourth-order valence-corrected chi connectivity index (χ4v) is 2.99. The molecule has 1 saturated heterocycles. The largest absolute Gasteiger partial charge is 0.396 e. The Morgan fingerprint density at radius 1 is 1.55 bits per heavy atom. The Kier molecular flexibility index (Phi) is 4.83. The van der Waals surface area contributed by atoms with E-state index in [9.17, 15) is 9.90 Å². The normalized spacial score (nSPS) is 22.3. The molecule has 110 valence electrons. The van der Waals surface area contributed by atoms with Crippen LogP contribution in [0.1, 0.15) is 22.3 Å². The van der Waals surface area contributed by atoms with E-state index in [0.29, 0.717) is 25.3 Å². The molecule has 0 aliphatic carbocycles. The third kappa shape index (κ3) is 3.05. The Balaban J connectivity index is 2.13. The zero-order valence-electron chi connectivity index (χ0n) is 11.9. The minimum absolute atomic E-state index is 0.0112. The smallest absolute Gasteiger partial charge is 0.253 e. The number of hydrogen-bond acceptors (Lipinski definition) is 3. The Hall–Kier alpha value is -0.910. The Labute approximate surface area is 127 Å². The van der Waals surface area contributed by atoms with Gasteiger partial charge in [-0.3, -0.25) is 4.79 Å². The molecule has 5 heteroatoms. The monoisotopic (exact) mass is 341 g/mol.